The number of aromatic nitrogens is 3. The predicted molar refractivity (Wildman–Crippen MR) is 54.0 cm³/mol. The highest BCUT2D eigenvalue weighted by Gasteiger charge is 2.18. The minimum atomic E-state index is -0.523. The van der Waals surface area contributed by atoms with Crippen LogP contribution in [-0.2, 0) is 6.42 Å². The van der Waals surface area contributed by atoms with Crippen LogP contribution in [-0.4, -0.2) is 19.5 Å². The van der Waals surface area contributed by atoms with Crippen LogP contribution in [0.2, 0.25) is 5.15 Å². The lowest BCUT2D eigenvalue weighted by atomic mass is 10.3. The zero-order chi connectivity index (χ0) is 11.0. The van der Waals surface area contributed by atoms with E-state index < -0.39 is 4.92 Å². The summed E-state index contributed by atoms with van der Waals surface area (Å²) in [6.45, 7) is 1.90. The van der Waals surface area contributed by atoms with Crippen LogP contribution in [0.15, 0.2) is 12.3 Å². The molecule has 0 amide bonds. The van der Waals surface area contributed by atoms with Crippen molar-refractivity contribution in [3.05, 3.63) is 33.2 Å². The molecule has 15 heavy (non-hydrogen) atoms. The molecule has 2 aromatic rings. The third-order valence-electron chi connectivity index (χ3n) is 2.02. The van der Waals surface area contributed by atoms with Crippen molar-refractivity contribution in [1.82, 2.24) is 14.6 Å². The molecule has 0 spiro atoms. The zero-order valence-electron chi connectivity index (χ0n) is 7.85. The van der Waals surface area contributed by atoms with E-state index in [2.05, 4.69) is 10.1 Å². The molecule has 0 aliphatic carbocycles. The minimum absolute atomic E-state index is 0.132. The molecule has 6 nitrogen and oxygen atoms in total. The first-order valence-electron chi connectivity index (χ1n) is 4.31. The normalized spacial score (nSPS) is 10.8. The number of nitro groups is 1. The van der Waals surface area contributed by atoms with Gasteiger partial charge in [-0.15, -0.1) is 0 Å². The van der Waals surface area contributed by atoms with Crippen molar-refractivity contribution in [2.24, 2.45) is 0 Å². The highest BCUT2D eigenvalue weighted by Crippen LogP contribution is 2.21. The Hall–Kier alpha value is -1.69. The number of rotatable bonds is 2. The van der Waals surface area contributed by atoms with Crippen LogP contribution in [0.25, 0.3) is 5.65 Å². The smallest absolute Gasteiger partial charge is 0.258 e. The second kappa shape index (κ2) is 3.47. The van der Waals surface area contributed by atoms with Crippen molar-refractivity contribution in [3.8, 4) is 0 Å². The van der Waals surface area contributed by atoms with Crippen molar-refractivity contribution in [2.45, 2.75) is 13.3 Å². The van der Waals surface area contributed by atoms with Gasteiger partial charge in [0.2, 0.25) is 5.65 Å². The van der Waals surface area contributed by atoms with Crippen LogP contribution < -0.4 is 0 Å². The van der Waals surface area contributed by atoms with Crippen LogP contribution in [0.5, 0.6) is 0 Å². The molecule has 0 radical (unpaired) electrons. The number of hydrogen-bond donors (Lipinski definition) is 0. The van der Waals surface area contributed by atoms with Crippen LogP contribution in [0.4, 0.5) is 5.69 Å². The maximum absolute atomic E-state index is 10.7. The van der Waals surface area contributed by atoms with Gasteiger partial charge >= 0.3 is 5.69 Å². The first-order valence-corrected chi connectivity index (χ1v) is 4.69. The van der Waals surface area contributed by atoms with Gasteiger partial charge in [0.1, 0.15) is 11.3 Å². The molecule has 2 aromatic heterocycles. The summed E-state index contributed by atoms with van der Waals surface area (Å²) in [6.07, 6.45) is 1.81. The summed E-state index contributed by atoms with van der Waals surface area (Å²) >= 11 is 5.90. The lowest BCUT2D eigenvalue weighted by Crippen LogP contribution is -1.97. The van der Waals surface area contributed by atoms with E-state index in [4.69, 9.17) is 11.6 Å². The number of aryl methyl sites for hydroxylation is 1. The molecule has 0 saturated heterocycles. The Morgan fingerprint density at radius 3 is 3.00 bits per heavy atom. The average molecular weight is 227 g/mol. The van der Waals surface area contributed by atoms with Crippen LogP contribution >= 0.6 is 11.6 Å². The molecule has 0 bridgehead atoms. The summed E-state index contributed by atoms with van der Waals surface area (Å²) < 4.78 is 1.25. The van der Waals surface area contributed by atoms with Gasteiger partial charge in [0.05, 0.1) is 4.92 Å². The fraction of sp³-hybridized carbons (Fsp3) is 0.250. The van der Waals surface area contributed by atoms with E-state index in [1.165, 1.54) is 4.52 Å². The van der Waals surface area contributed by atoms with Gasteiger partial charge < -0.3 is 0 Å². The molecule has 2 heterocycles. The van der Waals surface area contributed by atoms with Gasteiger partial charge in [-0.3, -0.25) is 10.1 Å². The van der Waals surface area contributed by atoms with Crippen molar-refractivity contribution in [1.29, 1.82) is 0 Å². The van der Waals surface area contributed by atoms with E-state index in [1.54, 1.807) is 6.07 Å². The van der Waals surface area contributed by atoms with E-state index >= 15 is 0 Å². The lowest BCUT2D eigenvalue weighted by molar-refractivity contribution is -0.383. The topological polar surface area (TPSA) is 73.3 Å². The van der Waals surface area contributed by atoms with Crippen LogP contribution in [0.3, 0.4) is 0 Å². The standard InChI is InChI=1S/C8H7ClN4O2/c1-2-5-3-7(9)12-8(11-5)6(4-10-12)13(14)15/h3-4H,2H2,1H3. The van der Waals surface area contributed by atoms with Gasteiger partial charge in [0.15, 0.2) is 0 Å². The van der Waals surface area contributed by atoms with Crippen molar-refractivity contribution < 1.29 is 4.92 Å². The number of nitrogens with zero attached hydrogens (tertiary/aromatic N) is 4. The fourth-order valence-electron chi connectivity index (χ4n) is 1.27. The van der Waals surface area contributed by atoms with Gasteiger partial charge in [-0.1, -0.05) is 18.5 Å². The Morgan fingerprint density at radius 2 is 2.40 bits per heavy atom. The Bertz CT molecular complexity index is 537. The Labute approximate surface area is 89.6 Å². The summed E-state index contributed by atoms with van der Waals surface area (Å²) in [4.78, 5) is 14.2. The molecule has 2 rings (SSSR count). The van der Waals surface area contributed by atoms with Gasteiger partial charge in [0.25, 0.3) is 0 Å². The summed E-state index contributed by atoms with van der Waals surface area (Å²) in [7, 11) is 0. The summed E-state index contributed by atoms with van der Waals surface area (Å²) in [5.41, 5.74) is 0.757. The quantitative estimate of drug-likeness (QED) is 0.445. The molecule has 78 valence electrons. The molecule has 7 heteroatoms. The first-order chi connectivity index (χ1) is 7.13. The number of hydrogen-bond acceptors (Lipinski definition) is 4. The zero-order valence-corrected chi connectivity index (χ0v) is 8.60. The van der Waals surface area contributed by atoms with Gasteiger partial charge in [0, 0.05) is 5.69 Å². The summed E-state index contributed by atoms with van der Waals surface area (Å²) in [5, 5.41) is 14.8. The third-order valence-corrected chi connectivity index (χ3v) is 2.29. The second-order valence-electron chi connectivity index (χ2n) is 2.95. The third kappa shape index (κ3) is 1.52. The van der Waals surface area contributed by atoms with E-state index in [0.29, 0.717) is 17.3 Å². The van der Waals surface area contributed by atoms with Gasteiger partial charge in [-0.2, -0.15) is 9.61 Å². The largest absolute Gasteiger partial charge is 0.333 e. The Morgan fingerprint density at radius 1 is 1.67 bits per heavy atom. The van der Waals surface area contributed by atoms with E-state index in [0.717, 1.165) is 6.20 Å². The molecule has 0 N–H and O–H groups in total. The molecular formula is C8H7ClN4O2. The maximum Gasteiger partial charge on any atom is 0.333 e. The fourth-order valence-corrected chi connectivity index (χ4v) is 1.52. The Balaban J connectivity index is 2.78. The van der Waals surface area contributed by atoms with E-state index in [9.17, 15) is 10.1 Å². The summed E-state index contributed by atoms with van der Waals surface area (Å²) in [5.74, 6) is 0. The number of fused-ring (bicyclic) bond motifs is 1. The van der Waals surface area contributed by atoms with Crippen LogP contribution in [0.1, 0.15) is 12.6 Å². The molecular weight excluding hydrogens is 220 g/mol. The highest BCUT2D eigenvalue weighted by molar-refractivity contribution is 6.29. The molecule has 0 fully saturated rings. The van der Waals surface area contributed by atoms with E-state index in [-0.39, 0.29) is 11.3 Å². The maximum atomic E-state index is 10.7. The lowest BCUT2D eigenvalue weighted by Gasteiger charge is -1.99. The van der Waals surface area contributed by atoms with Crippen molar-refractivity contribution in [3.63, 3.8) is 0 Å². The summed E-state index contributed by atoms with van der Waals surface area (Å²) in [6, 6.07) is 1.64. The predicted octanol–water partition coefficient (Wildman–Crippen LogP) is 1.85. The Kier molecular flexibility index (Phi) is 2.28. The first kappa shape index (κ1) is 9.85. The molecule has 0 atom stereocenters. The molecule has 0 saturated carbocycles. The van der Waals surface area contributed by atoms with E-state index in [1.807, 2.05) is 6.92 Å². The second-order valence-corrected chi connectivity index (χ2v) is 3.33. The molecule has 0 aliphatic rings. The van der Waals surface area contributed by atoms with Crippen LogP contribution in [0, 0.1) is 10.1 Å². The van der Waals surface area contributed by atoms with Gasteiger partial charge in [-0.25, -0.2) is 4.98 Å². The molecule has 0 aliphatic heterocycles. The number of halogens is 1. The molecule has 0 unspecified atom stereocenters. The van der Waals surface area contributed by atoms with Gasteiger partial charge in [-0.05, 0) is 12.5 Å². The minimum Gasteiger partial charge on any atom is -0.258 e. The SMILES string of the molecule is CCc1cc(Cl)n2ncc([N+](=O)[O-])c2n1. The monoisotopic (exact) mass is 226 g/mol. The highest BCUT2D eigenvalue weighted by atomic mass is 35.5. The molecule has 0 aromatic carbocycles. The average Bonchev–Trinajstić information content (AvgIpc) is 2.61. The van der Waals surface area contributed by atoms with Crippen molar-refractivity contribution in [2.75, 3.05) is 0 Å². The van der Waals surface area contributed by atoms with Crippen molar-refractivity contribution >= 4 is 22.9 Å².